The minimum atomic E-state index is -1.01. The van der Waals surface area contributed by atoms with E-state index in [1.165, 1.54) is 0 Å². The first-order valence-corrected chi connectivity index (χ1v) is 4.73. The maximum Gasteiger partial charge on any atom is 0.373 e. The SMILES string of the molecule is CC[C@@H](C)Nc1[nH]c(=O)[nH]c(=O)c1[N+](=O)[O-]. The predicted molar refractivity (Wildman–Crippen MR) is 57.7 cm³/mol. The third-order valence-electron chi connectivity index (χ3n) is 2.10. The molecule has 8 heteroatoms. The largest absolute Gasteiger partial charge is 0.373 e. The summed E-state index contributed by atoms with van der Waals surface area (Å²) in [6.45, 7) is 3.65. The number of rotatable bonds is 4. The third kappa shape index (κ3) is 2.47. The van der Waals surface area contributed by atoms with Crippen molar-refractivity contribution in [2.75, 3.05) is 5.32 Å². The van der Waals surface area contributed by atoms with E-state index < -0.39 is 21.9 Å². The molecule has 0 unspecified atom stereocenters. The second kappa shape index (κ2) is 4.60. The van der Waals surface area contributed by atoms with Gasteiger partial charge in [-0.1, -0.05) is 6.92 Å². The molecule has 1 aromatic rings. The van der Waals surface area contributed by atoms with Crippen molar-refractivity contribution in [1.29, 1.82) is 0 Å². The van der Waals surface area contributed by atoms with Gasteiger partial charge in [-0.3, -0.25) is 24.9 Å². The molecule has 1 aromatic heterocycles. The summed E-state index contributed by atoms with van der Waals surface area (Å²) in [5.41, 5.74) is -2.47. The van der Waals surface area contributed by atoms with Crippen LogP contribution in [0.3, 0.4) is 0 Å². The molecule has 0 radical (unpaired) electrons. The molecule has 1 heterocycles. The maximum absolute atomic E-state index is 11.2. The minimum Gasteiger partial charge on any atom is -0.363 e. The highest BCUT2D eigenvalue weighted by Gasteiger charge is 2.21. The molecule has 1 atom stereocenters. The van der Waals surface area contributed by atoms with Crippen molar-refractivity contribution in [3.63, 3.8) is 0 Å². The van der Waals surface area contributed by atoms with E-state index in [1.54, 1.807) is 11.9 Å². The van der Waals surface area contributed by atoms with Gasteiger partial charge in [0.2, 0.25) is 0 Å². The van der Waals surface area contributed by atoms with Crippen LogP contribution in [0.15, 0.2) is 9.59 Å². The molecule has 0 bridgehead atoms. The third-order valence-corrected chi connectivity index (χ3v) is 2.10. The van der Waals surface area contributed by atoms with Crippen LogP contribution in [0.25, 0.3) is 0 Å². The van der Waals surface area contributed by atoms with Crippen LogP contribution in [0.1, 0.15) is 20.3 Å². The molecular weight excluding hydrogens is 216 g/mol. The Morgan fingerprint density at radius 2 is 2.06 bits per heavy atom. The Morgan fingerprint density at radius 3 is 2.56 bits per heavy atom. The van der Waals surface area contributed by atoms with Gasteiger partial charge < -0.3 is 5.32 Å². The van der Waals surface area contributed by atoms with Crippen molar-refractivity contribution in [3.8, 4) is 0 Å². The Hall–Kier alpha value is -2.12. The average molecular weight is 228 g/mol. The van der Waals surface area contributed by atoms with Crippen molar-refractivity contribution < 1.29 is 4.92 Å². The quantitative estimate of drug-likeness (QED) is 0.501. The van der Waals surface area contributed by atoms with E-state index >= 15 is 0 Å². The van der Waals surface area contributed by atoms with Crippen LogP contribution < -0.4 is 16.6 Å². The highest BCUT2D eigenvalue weighted by atomic mass is 16.6. The number of hydrogen-bond acceptors (Lipinski definition) is 5. The lowest BCUT2D eigenvalue weighted by atomic mass is 10.2. The minimum absolute atomic E-state index is 0.0869. The van der Waals surface area contributed by atoms with Crippen molar-refractivity contribution in [2.45, 2.75) is 26.3 Å². The first kappa shape index (κ1) is 12.0. The zero-order valence-corrected chi connectivity index (χ0v) is 8.86. The van der Waals surface area contributed by atoms with Gasteiger partial charge in [0.05, 0.1) is 4.92 Å². The second-order valence-corrected chi connectivity index (χ2v) is 3.34. The summed E-state index contributed by atoms with van der Waals surface area (Å²) in [7, 11) is 0. The topological polar surface area (TPSA) is 121 Å². The van der Waals surface area contributed by atoms with Crippen LogP contribution in [0, 0.1) is 10.1 Å². The van der Waals surface area contributed by atoms with Crippen LogP contribution in [0.4, 0.5) is 11.5 Å². The van der Waals surface area contributed by atoms with E-state index in [0.717, 1.165) is 0 Å². The Balaban J connectivity index is 3.30. The number of hydrogen-bond donors (Lipinski definition) is 3. The first-order chi connectivity index (χ1) is 7.45. The standard InChI is InChI=1S/C8H12N4O4/c1-3-4(2)9-6-5(12(15)16)7(13)11-8(14)10-6/h4H,3H2,1-2H3,(H3,9,10,11,13,14)/t4-/m1/s1. The van der Waals surface area contributed by atoms with Crippen LogP contribution in [-0.4, -0.2) is 20.9 Å². The Morgan fingerprint density at radius 1 is 1.44 bits per heavy atom. The molecule has 0 amide bonds. The van der Waals surface area contributed by atoms with Gasteiger partial charge in [0, 0.05) is 6.04 Å². The van der Waals surface area contributed by atoms with E-state index in [9.17, 15) is 19.7 Å². The molecule has 0 aliphatic carbocycles. The van der Waals surface area contributed by atoms with Gasteiger partial charge in [-0.25, -0.2) is 4.79 Å². The highest BCUT2D eigenvalue weighted by molar-refractivity contribution is 5.53. The molecular formula is C8H12N4O4. The lowest BCUT2D eigenvalue weighted by molar-refractivity contribution is -0.385. The maximum atomic E-state index is 11.2. The number of aromatic amines is 2. The summed E-state index contributed by atoms with van der Waals surface area (Å²) in [6, 6.07) is -0.0869. The smallest absolute Gasteiger partial charge is 0.363 e. The van der Waals surface area contributed by atoms with Gasteiger partial charge >= 0.3 is 16.9 Å². The number of nitro groups is 1. The van der Waals surface area contributed by atoms with Crippen LogP contribution in [-0.2, 0) is 0 Å². The molecule has 0 spiro atoms. The fourth-order valence-electron chi connectivity index (χ4n) is 1.11. The summed E-state index contributed by atoms with van der Waals surface area (Å²) >= 11 is 0. The van der Waals surface area contributed by atoms with Crippen LogP contribution in [0.2, 0.25) is 0 Å². The zero-order chi connectivity index (χ0) is 12.3. The summed E-state index contributed by atoms with van der Waals surface area (Å²) < 4.78 is 0. The second-order valence-electron chi connectivity index (χ2n) is 3.34. The van der Waals surface area contributed by atoms with Gasteiger partial charge in [0.15, 0.2) is 5.82 Å². The number of nitrogens with zero attached hydrogens (tertiary/aromatic N) is 1. The highest BCUT2D eigenvalue weighted by Crippen LogP contribution is 2.15. The number of H-pyrrole nitrogens is 2. The Bertz CT molecular complexity index is 503. The fourth-order valence-corrected chi connectivity index (χ4v) is 1.11. The lowest BCUT2D eigenvalue weighted by Gasteiger charge is -2.11. The zero-order valence-electron chi connectivity index (χ0n) is 8.86. The number of nitrogens with one attached hydrogen (secondary N) is 3. The molecule has 1 rings (SSSR count). The Kier molecular flexibility index (Phi) is 3.44. The average Bonchev–Trinajstić information content (AvgIpc) is 2.15. The van der Waals surface area contributed by atoms with Crippen LogP contribution in [0.5, 0.6) is 0 Å². The summed E-state index contributed by atoms with van der Waals surface area (Å²) in [5.74, 6) is -0.159. The molecule has 0 aliphatic heterocycles. The molecule has 0 fully saturated rings. The molecule has 8 nitrogen and oxygen atoms in total. The molecule has 88 valence electrons. The lowest BCUT2D eigenvalue weighted by Crippen LogP contribution is -2.28. The van der Waals surface area contributed by atoms with E-state index in [0.29, 0.717) is 6.42 Å². The molecule has 16 heavy (non-hydrogen) atoms. The van der Waals surface area contributed by atoms with Gasteiger partial charge in [-0.2, -0.15) is 0 Å². The van der Waals surface area contributed by atoms with Crippen molar-refractivity contribution >= 4 is 11.5 Å². The molecule has 0 saturated heterocycles. The molecule has 3 N–H and O–H groups in total. The van der Waals surface area contributed by atoms with Crippen molar-refractivity contribution in [2.24, 2.45) is 0 Å². The molecule has 0 aromatic carbocycles. The van der Waals surface area contributed by atoms with E-state index in [2.05, 4.69) is 10.3 Å². The summed E-state index contributed by atoms with van der Waals surface area (Å²) in [6.07, 6.45) is 0.700. The summed E-state index contributed by atoms with van der Waals surface area (Å²) in [5, 5.41) is 13.4. The van der Waals surface area contributed by atoms with Gasteiger partial charge in [0.1, 0.15) is 0 Å². The van der Waals surface area contributed by atoms with Gasteiger partial charge in [-0.05, 0) is 13.3 Å². The van der Waals surface area contributed by atoms with Gasteiger partial charge in [-0.15, -0.1) is 0 Å². The number of aromatic nitrogens is 2. The van der Waals surface area contributed by atoms with Crippen molar-refractivity contribution in [3.05, 3.63) is 31.0 Å². The van der Waals surface area contributed by atoms with Crippen LogP contribution >= 0.6 is 0 Å². The van der Waals surface area contributed by atoms with E-state index in [-0.39, 0.29) is 11.9 Å². The van der Waals surface area contributed by atoms with E-state index in [4.69, 9.17) is 0 Å². The number of anilines is 1. The predicted octanol–water partition coefficient (Wildman–Crippen LogP) is 0.182. The molecule has 0 saturated carbocycles. The fraction of sp³-hybridized carbons (Fsp3) is 0.500. The van der Waals surface area contributed by atoms with E-state index in [1.807, 2.05) is 6.92 Å². The van der Waals surface area contributed by atoms with Gasteiger partial charge in [0.25, 0.3) is 0 Å². The molecule has 0 aliphatic rings. The van der Waals surface area contributed by atoms with Crippen molar-refractivity contribution in [1.82, 2.24) is 9.97 Å². The Labute approximate surface area is 89.9 Å². The summed E-state index contributed by atoms with van der Waals surface area (Å²) in [4.78, 5) is 36.0. The normalized spacial score (nSPS) is 12.1. The first-order valence-electron chi connectivity index (χ1n) is 4.73. The monoisotopic (exact) mass is 228 g/mol.